The van der Waals surface area contributed by atoms with Crippen LogP contribution < -0.4 is 10.8 Å². The topological polar surface area (TPSA) is 36.5 Å². The molecule has 5 heteroatoms. The average Bonchev–Trinajstić information content (AvgIpc) is 3.27. The molecule has 4 rings (SSSR count). The van der Waals surface area contributed by atoms with Crippen LogP contribution in [-0.2, 0) is 4.84 Å². The normalized spacial score (nSPS) is 22.8. The summed E-state index contributed by atoms with van der Waals surface area (Å²) in [6.07, 6.45) is 9.36. The zero-order valence-corrected chi connectivity index (χ0v) is 15.7. The Morgan fingerprint density at radius 1 is 1.20 bits per heavy atom. The third-order valence-corrected chi connectivity index (χ3v) is 6.09. The van der Waals surface area contributed by atoms with Gasteiger partial charge in [0.05, 0.1) is 5.70 Å². The van der Waals surface area contributed by atoms with Crippen LogP contribution in [0.4, 0.5) is 0 Å². The minimum absolute atomic E-state index is 0.195. The molecule has 1 saturated carbocycles. The van der Waals surface area contributed by atoms with E-state index < -0.39 is 0 Å². The average molecular weight is 358 g/mol. The summed E-state index contributed by atoms with van der Waals surface area (Å²) < 4.78 is 0. The zero-order chi connectivity index (χ0) is 17.3. The predicted octanol–water partition coefficient (Wildman–Crippen LogP) is 3.52. The first kappa shape index (κ1) is 16.9. The van der Waals surface area contributed by atoms with Gasteiger partial charge in [0.25, 0.3) is 0 Å². The quantitative estimate of drug-likeness (QED) is 0.792. The molecule has 0 bridgehead atoms. The van der Waals surface area contributed by atoms with Crippen molar-refractivity contribution in [3.8, 4) is 0 Å². The Bertz CT molecular complexity index is 656. The SMILES string of the molecule is Cc1ccc(C2=CC3(CCN(C(=S)NC4CCCC4)CC3)ON2)cc1. The number of piperidine rings is 1. The van der Waals surface area contributed by atoms with Gasteiger partial charge in [-0.2, -0.15) is 0 Å². The van der Waals surface area contributed by atoms with E-state index in [1.54, 1.807) is 0 Å². The van der Waals surface area contributed by atoms with Crippen molar-refractivity contribution in [2.75, 3.05) is 13.1 Å². The van der Waals surface area contributed by atoms with Crippen LogP contribution in [-0.4, -0.2) is 34.7 Å². The van der Waals surface area contributed by atoms with Crippen LogP contribution in [0.5, 0.6) is 0 Å². The van der Waals surface area contributed by atoms with Gasteiger partial charge >= 0.3 is 0 Å². The number of hydrogen-bond acceptors (Lipinski definition) is 3. The molecule has 1 aromatic carbocycles. The van der Waals surface area contributed by atoms with E-state index in [0.29, 0.717) is 6.04 Å². The van der Waals surface area contributed by atoms with E-state index in [0.717, 1.165) is 36.7 Å². The minimum Gasteiger partial charge on any atom is -0.360 e. The second-order valence-electron chi connectivity index (χ2n) is 7.61. The lowest BCUT2D eigenvalue weighted by atomic mass is 9.90. The third kappa shape index (κ3) is 3.67. The molecular weight excluding hydrogens is 330 g/mol. The number of thiocarbonyl (C=S) groups is 1. The lowest BCUT2D eigenvalue weighted by Gasteiger charge is -2.38. The summed E-state index contributed by atoms with van der Waals surface area (Å²) in [5.41, 5.74) is 6.49. The smallest absolute Gasteiger partial charge is 0.169 e. The van der Waals surface area contributed by atoms with Crippen LogP contribution in [0, 0.1) is 6.92 Å². The Balaban J connectivity index is 1.36. The predicted molar refractivity (Wildman–Crippen MR) is 105 cm³/mol. The molecule has 0 aromatic heterocycles. The largest absolute Gasteiger partial charge is 0.360 e. The third-order valence-electron chi connectivity index (χ3n) is 5.71. The van der Waals surface area contributed by atoms with E-state index >= 15 is 0 Å². The first-order valence-corrected chi connectivity index (χ1v) is 9.84. The second-order valence-corrected chi connectivity index (χ2v) is 8.00. The molecule has 0 atom stereocenters. The lowest BCUT2D eigenvalue weighted by molar-refractivity contribution is -0.0618. The van der Waals surface area contributed by atoms with E-state index in [4.69, 9.17) is 17.1 Å². The highest BCUT2D eigenvalue weighted by Gasteiger charge is 2.39. The molecule has 3 aliphatic rings. The van der Waals surface area contributed by atoms with Crippen molar-refractivity contribution < 1.29 is 4.84 Å². The van der Waals surface area contributed by atoms with Gasteiger partial charge in [-0.3, -0.25) is 10.3 Å². The lowest BCUT2D eigenvalue weighted by Crippen LogP contribution is -2.51. The number of aryl methyl sites for hydroxylation is 1. The van der Waals surface area contributed by atoms with Crippen molar-refractivity contribution >= 4 is 23.0 Å². The van der Waals surface area contributed by atoms with Gasteiger partial charge < -0.3 is 10.2 Å². The molecule has 134 valence electrons. The minimum atomic E-state index is -0.195. The molecule has 2 heterocycles. The van der Waals surface area contributed by atoms with Crippen LogP contribution in [0.15, 0.2) is 30.3 Å². The van der Waals surface area contributed by atoms with Gasteiger partial charge in [0, 0.05) is 32.0 Å². The molecule has 1 saturated heterocycles. The van der Waals surface area contributed by atoms with E-state index in [9.17, 15) is 0 Å². The Morgan fingerprint density at radius 2 is 1.88 bits per heavy atom. The summed E-state index contributed by atoms with van der Waals surface area (Å²) in [6.45, 7) is 3.99. The maximum Gasteiger partial charge on any atom is 0.169 e. The summed E-state index contributed by atoms with van der Waals surface area (Å²) >= 11 is 5.63. The highest BCUT2D eigenvalue weighted by Crippen LogP contribution is 2.34. The van der Waals surface area contributed by atoms with Crippen molar-refractivity contribution in [3.63, 3.8) is 0 Å². The standard InChI is InChI=1S/C20H27N3OS/c1-15-6-8-16(9-7-15)18-14-20(24-22-18)10-12-23(13-11-20)19(25)21-17-4-2-3-5-17/h6-9,14,17,22H,2-5,10-13H2,1H3,(H,21,25). The van der Waals surface area contributed by atoms with Gasteiger partial charge in [0.15, 0.2) is 5.11 Å². The molecule has 4 nitrogen and oxygen atoms in total. The van der Waals surface area contributed by atoms with E-state index in [1.807, 2.05) is 0 Å². The van der Waals surface area contributed by atoms with Crippen LogP contribution in [0.25, 0.3) is 5.70 Å². The van der Waals surface area contributed by atoms with E-state index in [2.05, 4.69) is 53.0 Å². The fourth-order valence-corrected chi connectivity index (χ4v) is 4.37. The number of benzene rings is 1. The van der Waals surface area contributed by atoms with Gasteiger partial charge in [-0.25, -0.2) is 0 Å². The molecule has 2 fully saturated rings. The first-order chi connectivity index (χ1) is 12.1. The number of rotatable bonds is 2. The van der Waals surface area contributed by atoms with E-state index in [1.165, 1.54) is 36.8 Å². The van der Waals surface area contributed by atoms with Gasteiger partial charge in [-0.1, -0.05) is 42.7 Å². The van der Waals surface area contributed by atoms with Crippen molar-refractivity contribution in [2.24, 2.45) is 0 Å². The van der Waals surface area contributed by atoms with Crippen molar-refractivity contribution in [2.45, 2.75) is 57.1 Å². The van der Waals surface area contributed by atoms with Crippen LogP contribution >= 0.6 is 12.2 Å². The van der Waals surface area contributed by atoms with Crippen molar-refractivity contribution in [1.82, 2.24) is 15.7 Å². The fourth-order valence-electron chi connectivity index (χ4n) is 4.02. The fraction of sp³-hybridized carbons (Fsp3) is 0.550. The molecule has 0 unspecified atom stereocenters. The van der Waals surface area contributed by atoms with Crippen molar-refractivity contribution in [3.05, 3.63) is 41.5 Å². The van der Waals surface area contributed by atoms with Gasteiger partial charge in [0.1, 0.15) is 5.60 Å². The number of nitrogens with zero attached hydrogens (tertiary/aromatic N) is 1. The molecule has 2 N–H and O–H groups in total. The maximum absolute atomic E-state index is 6.01. The van der Waals surface area contributed by atoms with Gasteiger partial charge in [-0.15, -0.1) is 0 Å². The van der Waals surface area contributed by atoms with Crippen LogP contribution in [0.1, 0.15) is 49.7 Å². The number of hydrogen-bond donors (Lipinski definition) is 2. The molecule has 0 amide bonds. The Labute approximate surface area is 155 Å². The highest BCUT2D eigenvalue weighted by molar-refractivity contribution is 7.80. The number of nitrogens with one attached hydrogen (secondary N) is 2. The number of likely N-dealkylation sites (tertiary alicyclic amines) is 1. The van der Waals surface area contributed by atoms with Crippen LogP contribution in [0.3, 0.4) is 0 Å². The number of hydroxylamine groups is 1. The summed E-state index contributed by atoms with van der Waals surface area (Å²) in [7, 11) is 0. The Kier molecular flexibility index (Phi) is 4.69. The van der Waals surface area contributed by atoms with Gasteiger partial charge in [0.2, 0.25) is 0 Å². The highest BCUT2D eigenvalue weighted by atomic mass is 32.1. The molecule has 25 heavy (non-hydrogen) atoms. The molecule has 0 radical (unpaired) electrons. The van der Waals surface area contributed by atoms with Gasteiger partial charge in [-0.05, 0) is 43.6 Å². The summed E-state index contributed by atoms with van der Waals surface area (Å²) in [5.74, 6) is 0. The molecule has 2 aliphatic heterocycles. The molecular formula is C20H27N3OS. The maximum atomic E-state index is 6.01. The van der Waals surface area contributed by atoms with Crippen molar-refractivity contribution in [1.29, 1.82) is 0 Å². The molecule has 1 aliphatic carbocycles. The first-order valence-electron chi connectivity index (χ1n) is 9.43. The summed E-state index contributed by atoms with van der Waals surface area (Å²) in [6, 6.07) is 9.15. The summed E-state index contributed by atoms with van der Waals surface area (Å²) in [4.78, 5) is 8.31. The summed E-state index contributed by atoms with van der Waals surface area (Å²) in [5, 5.41) is 4.48. The zero-order valence-electron chi connectivity index (χ0n) is 14.9. The van der Waals surface area contributed by atoms with E-state index in [-0.39, 0.29) is 5.60 Å². The Hall–Kier alpha value is -1.59. The Morgan fingerprint density at radius 3 is 2.56 bits per heavy atom. The molecule has 1 aromatic rings. The monoisotopic (exact) mass is 357 g/mol. The van der Waals surface area contributed by atoms with Crippen LogP contribution in [0.2, 0.25) is 0 Å². The molecule has 1 spiro atoms. The second kappa shape index (κ2) is 6.96.